The van der Waals surface area contributed by atoms with Gasteiger partial charge in [0.1, 0.15) is 0 Å². The Hall–Kier alpha value is -1.39. The third-order valence-corrected chi connectivity index (χ3v) is 3.42. The molecule has 21 heavy (non-hydrogen) atoms. The van der Waals surface area contributed by atoms with Crippen molar-refractivity contribution in [3.63, 3.8) is 0 Å². The van der Waals surface area contributed by atoms with Crippen molar-refractivity contribution in [1.82, 2.24) is 5.32 Å². The summed E-state index contributed by atoms with van der Waals surface area (Å²) in [4.78, 5) is 11.9. The zero-order valence-electron chi connectivity index (χ0n) is 13.2. The van der Waals surface area contributed by atoms with E-state index in [4.69, 9.17) is 10.5 Å². The molecule has 0 aliphatic rings. The maximum absolute atomic E-state index is 11.9. The van der Waals surface area contributed by atoms with Crippen molar-refractivity contribution < 1.29 is 9.53 Å². The first kappa shape index (κ1) is 17.7. The van der Waals surface area contributed by atoms with E-state index < -0.39 is 5.54 Å². The number of carbonyl (C=O) groups is 1. The Morgan fingerprint density at radius 1 is 1.29 bits per heavy atom. The molecule has 1 aromatic rings. The van der Waals surface area contributed by atoms with Gasteiger partial charge in [-0.2, -0.15) is 0 Å². The molecule has 0 bridgehead atoms. The van der Waals surface area contributed by atoms with E-state index in [0.29, 0.717) is 26.2 Å². The number of benzene rings is 1. The second-order valence-corrected chi connectivity index (χ2v) is 5.62. The molecule has 4 nitrogen and oxygen atoms in total. The summed E-state index contributed by atoms with van der Waals surface area (Å²) in [6, 6.07) is 10.3. The molecule has 0 spiro atoms. The lowest BCUT2D eigenvalue weighted by Crippen LogP contribution is -2.51. The second-order valence-electron chi connectivity index (χ2n) is 5.62. The van der Waals surface area contributed by atoms with Crippen LogP contribution in [-0.2, 0) is 16.0 Å². The lowest BCUT2D eigenvalue weighted by atomic mass is 9.96. The van der Waals surface area contributed by atoms with E-state index in [1.54, 1.807) is 6.92 Å². The molecule has 1 atom stereocenters. The lowest BCUT2D eigenvalue weighted by molar-refractivity contribution is -0.126. The Balaban J connectivity index is 2.03. The van der Waals surface area contributed by atoms with Gasteiger partial charge in [-0.15, -0.1) is 0 Å². The van der Waals surface area contributed by atoms with Crippen LogP contribution < -0.4 is 11.1 Å². The summed E-state index contributed by atoms with van der Waals surface area (Å²) in [6.07, 6.45) is 3.34. The van der Waals surface area contributed by atoms with E-state index in [0.717, 1.165) is 19.3 Å². The maximum atomic E-state index is 11.9. The Bertz CT molecular complexity index is 405. The van der Waals surface area contributed by atoms with Gasteiger partial charge in [0.05, 0.1) is 12.1 Å². The number of carbonyl (C=O) groups excluding carboxylic acids is 1. The average molecular weight is 292 g/mol. The molecule has 4 heteroatoms. The molecule has 1 rings (SSSR count). The summed E-state index contributed by atoms with van der Waals surface area (Å²) in [6.45, 7) is 5.78. The van der Waals surface area contributed by atoms with Gasteiger partial charge in [-0.1, -0.05) is 43.7 Å². The van der Waals surface area contributed by atoms with Gasteiger partial charge >= 0.3 is 0 Å². The molecule has 1 unspecified atom stereocenters. The maximum Gasteiger partial charge on any atom is 0.239 e. The molecule has 1 aromatic carbocycles. The van der Waals surface area contributed by atoms with Crippen LogP contribution in [-0.4, -0.2) is 31.2 Å². The van der Waals surface area contributed by atoms with Crippen molar-refractivity contribution in [2.24, 2.45) is 5.73 Å². The van der Waals surface area contributed by atoms with Crippen LogP contribution in [0.4, 0.5) is 0 Å². The minimum atomic E-state index is -0.761. The second kappa shape index (κ2) is 9.53. The SMILES string of the molecule is CCCC(C)(N)C(=O)NCCCOCCc1ccccc1. The number of hydrogen-bond donors (Lipinski definition) is 2. The summed E-state index contributed by atoms with van der Waals surface area (Å²) in [5.41, 5.74) is 6.48. The van der Waals surface area contributed by atoms with Gasteiger partial charge < -0.3 is 15.8 Å². The Labute approximate surface area is 128 Å². The number of rotatable bonds is 10. The first-order valence-electron chi connectivity index (χ1n) is 7.75. The van der Waals surface area contributed by atoms with Crippen LogP contribution in [0.15, 0.2) is 30.3 Å². The molecule has 0 saturated carbocycles. The quantitative estimate of drug-likeness (QED) is 0.650. The number of ether oxygens (including phenoxy) is 1. The highest BCUT2D eigenvalue weighted by Gasteiger charge is 2.26. The van der Waals surface area contributed by atoms with Crippen LogP contribution in [0.25, 0.3) is 0 Å². The molecule has 0 fully saturated rings. The van der Waals surface area contributed by atoms with Crippen molar-refractivity contribution in [3.8, 4) is 0 Å². The van der Waals surface area contributed by atoms with E-state index in [2.05, 4.69) is 17.4 Å². The standard InChI is InChI=1S/C17H28N2O2/c1-3-11-17(2,18)16(20)19-12-7-13-21-14-10-15-8-5-4-6-9-15/h4-6,8-9H,3,7,10-14,18H2,1-2H3,(H,19,20). The zero-order valence-corrected chi connectivity index (χ0v) is 13.2. The van der Waals surface area contributed by atoms with Gasteiger partial charge in [0.25, 0.3) is 0 Å². The molecule has 0 aliphatic heterocycles. The number of hydrogen-bond acceptors (Lipinski definition) is 3. The molecule has 0 heterocycles. The summed E-state index contributed by atoms with van der Waals surface area (Å²) in [5, 5.41) is 2.87. The van der Waals surface area contributed by atoms with E-state index in [1.165, 1.54) is 5.56 Å². The van der Waals surface area contributed by atoms with Crippen molar-refractivity contribution in [1.29, 1.82) is 0 Å². The molecule has 0 aliphatic carbocycles. The number of nitrogens with two attached hydrogens (primary N) is 1. The third-order valence-electron chi connectivity index (χ3n) is 3.42. The lowest BCUT2D eigenvalue weighted by Gasteiger charge is -2.22. The van der Waals surface area contributed by atoms with Gasteiger partial charge in [-0.25, -0.2) is 0 Å². The first-order chi connectivity index (χ1) is 10.1. The monoisotopic (exact) mass is 292 g/mol. The highest BCUT2D eigenvalue weighted by atomic mass is 16.5. The summed E-state index contributed by atoms with van der Waals surface area (Å²) >= 11 is 0. The van der Waals surface area contributed by atoms with Crippen LogP contribution >= 0.6 is 0 Å². The molecular weight excluding hydrogens is 264 g/mol. The Morgan fingerprint density at radius 3 is 2.67 bits per heavy atom. The predicted octanol–water partition coefficient (Wildman–Crippen LogP) is 2.27. The normalized spacial score (nSPS) is 13.7. The van der Waals surface area contributed by atoms with Crippen LogP contribution in [0.5, 0.6) is 0 Å². The molecular formula is C17H28N2O2. The molecule has 1 amide bonds. The third kappa shape index (κ3) is 7.25. The van der Waals surface area contributed by atoms with Crippen LogP contribution in [0, 0.1) is 0 Å². The molecule has 0 saturated heterocycles. The minimum absolute atomic E-state index is 0.0753. The number of nitrogens with one attached hydrogen (secondary N) is 1. The smallest absolute Gasteiger partial charge is 0.239 e. The molecule has 0 radical (unpaired) electrons. The molecule has 3 N–H and O–H groups in total. The highest BCUT2D eigenvalue weighted by molar-refractivity contribution is 5.85. The van der Waals surface area contributed by atoms with Gasteiger partial charge in [0.2, 0.25) is 5.91 Å². The number of amides is 1. The summed E-state index contributed by atoms with van der Waals surface area (Å²) in [7, 11) is 0. The fourth-order valence-electron chi connectivity index (χ4n) is 2.15. The Kier molecular flexibility index (Phi) is 8.01. The average Bonchev–Trinajstić information content (AvgIpc) is 2.47. The van der Waals surface area contributed by atoms with Crippen LogP contribution in [0.1, 0.15) is 38.7 Å². The van der Waals surface area contributed by atoms with Gasteiger partial charge in [-0.05, 0) is 31.7 Å². The van der Waals surface area contributed by atoms with Crippen molar-refractivity contribution in [2.75, 3.05) is 19.8 Å². The predicted molar refractivity (Wildman–Crippen MR) is 86.1 cm³/mol. The van der Waals surface area contributed by atoms with Crippen LogP contribution in [0.3, 0.4) is 0 Å². The minimum Gasteiger partial charge on any atom is -0.381 e. The van der Waals surface area contributed by atoms with Crippen molar-refractivity contribution >= 4 is 5.91 Å². The van der Waals surface area contributed by atoms with Gasteiger partial charge in [-0.3, -0.25) is 4.79 Å². The fraction of sp³-hybridized carbons (Fsp3) is 0.588. The zero-order chi connectivity index (χ0) is 15.6. The summed E-state index contributed by atoms with van der Waals surface area (Å²) in [5.74, 6) is -0.0753. The van der Waals surface area contributed by atoms with E-state index in [1.807, 2.05) is 25.1 Å². The van der Waals surface area contributed by atoms with E-state index in [-0.39, 0.29) is 5.91 Å². The van der Waals surface area contributed by atoms with E-state index >= 15 is 0 Å². The van der Waals surface area contributed by atoms with Crippen molar-refractivity contribution in [2.45, 2.75) is 45.1 Å². The van der Waals surface area contributed by atoms with Gasteiger partial charge in [0, 0.05) is 13.2 Å². The van der Waals surface area contributed by atoms with Crippen molar-refractivity contribution in [3.05, 3.63) is 35.9 Å². The Morgan fingerprint density at radius 2 is 2.00 bits per heavy atom. The highest BCUT2D eigenvalue weighted by Crippen LogP contribution is 2.08. The van der Waals surface area contributed by atoms with Crippen LogP contribution in [0.2, 0.25) is 0 Å². The fourth-order valence-corrected chi connectivity index (χ4v) is 2.15. The largest absolute Gasteiger partial charge is 0.381 e. The molecule has 0 aromatic heterocycles. The molecule has 118 valence electrons. The first-order valence-corrected chi connectivity index (χ1v) is 7.75. The van der Waals surface area contributed by atoms with E-state index in [9.17, 15) is 4.79 Å². The summed E-state index contributed by atoms with van der Waals surface area (Å²) < 4.78 is 5.57. The topological polar surface area (TPSA) is 64.4 Å². The van der Waals surface area contributed by atoms with Gasteiger partial charge in [0.15, 0.2) is 0 Å².